The van der Waals surface area contributed by atoms with Gasteiger partial charge in [-0.05, 0) is 49.8 Å². The SMILES string of the molecule is COCc1cccc(OCC2(CNCC3(N)CCC3)CCC2)c1. The van der Waals surface area contributed by atoms with Gasteiger partial charge in [0.15, 0.2) is 0 Å². The minimum absolute atomic E-state index is 0.0558. The molecule has 0 spiro atoms. The fourth-order valence-corrected chi connectivity index (χ4v) is 3.56. The lowest BCUT2D eigenvalue weighted by atomic mass is 9.69. The van der Waals surface area contributed by atoms with Crippen molar-refractivity contribution in [2.24, 2.45) is 11.1 Å². The first kappa shape index (κ1) is 16.7. The first-order valence-corrected chi connectivity index (χ1v) is 8.84. The van der Waals surface area contributed by atoms with Crippen LogP contribution in [0, 0.1) is 5.41 Å². The molecule has 2 fully saturated rings. The van der Waals surface area contributed by atoms with Crippen LogP contribution in [0.15, 0.2) is 24.3 Å². The molecule has 4 nitrogen and oxygen atoms in total. The van der Waals surface area contributed by atoms with Gasteiger partial charge in [-0.2, -0.15) is 0 Å². The highest BCUT2D eigenvalue weighted by Crippen LogP contribution is 2.41. The Kier molecular flexibility index (Phi) is 5.24. The molecule has 1 aromatic rings. The van der Waals surface area contributed by atoms with Crippen LogP contribution in [0.3, 0.4) is 0 Å². The van der Waals surface area contributed by atoms with Crippen LogP contribution in [0.1, 0.15) is 44.1 Å². The molecule has 2 aliphatic rings. The lowest BCUT2D eigenvalue weighted by Crippen LogP contribution is -2.56. The highest BCUT2D eigenvalue weighted by Gasteiger charge is 2.39. The number of rotatable bonds is 9. The van der Waals surface area contributed by atoms with Crippen LogP contribution in [-0.2, 0) is 11.3 Å². The average molecular weight is 318 g/mol. The Morgan fingerprint density at radius 3 is 2.52 bits per heavy atom. The van der Waals surface area contributed by atoms with Gasteiger partial charge in [0, 0.05) is 31.2 Å². The summed E-state index contributed by atoms with van der Waals surface area (Å²) in [6.07, 6.45) is 7.41. The van der Waals surface area contributed by atoms with Gasteiger partial charge in [-0.15, -0.1) is 0 Å². The van der Waals surface area contributed by atoms with Gasteiger partial charge in [0.2, 0.25) is 0 Å². The number of ether oxygens (including phenoxy) is 2. The first-order chi connectivity index (χ1) is 11.1. The summed E-state index contributed by atoms with van der Waals surface area (Å²) in [5.74, 6) is 0.945. The van der Waals surface area contributed by atoms with Crippen molar-refractivity contribution in [2.75, 3.05) is 26.8 Å². The zero-order chi connectivity index (χ0) is 16.2. The van der Waals surface area contributed by atoms with Crippen molar-refractivity contribution in [3.63, 3.8) is 0 Å². The summed E-state index contributed by atoms with van der Waals surface area (Å²) in [5, 5.41) is 3.61. The highest BCUT2D eigenvalue weighted by molar-refractivity contribution is 5.28. The van der Waals surface area contributed by atoms with E-state index < -0.39 is 0 Å². The molecule has 0 heterocycles. The van der Waals surface area contributed by atoms with Crippen molar-refractivity contribution in [3.8, 4) is 5.75 Å². The Labute approximate surface area is 139 Å². The molecule has 0 radical (unpaired) electrons. The smallest absolute Gasteiger partial charge is 0.119 e. The van der Waals surface area contributed by atoms with Crippen molar-refractivity contribution in [1.82, 2.24) is 5.32 Å². The molecule has 0 bridgehead atoms. The maximum absolute atomic E-state index is 6.30. The van der Waals surface area contributed by atoms with Gasteiger partial charge in [-0.3, -0.25) is 0 Å². The molecular weight excluding hydrogens is 288 g/mol. The molecule has 128 valence electrons. The van der Waals surface area contributed by atoms with E-state index in [9.17, 15) is 0 Å². The Balaban J connectivity index is 1.47. The Hall–Kier alpha value is -1.10. The monoisotopic (exact) mass is 318 g/mol. The van der Waals surface area contributed by atoms with E-state index in [0.29, 0.717) is 6.61 Å². The van der Waals surface area contributed by atoms with Crippen LogP contribution in [0.5, 0.6) is 5.75 Å². The largest absolute Gasteiger partial charge is 0.493 e. The molecule has 0 aliphatic heterocycles. The van der Waals surface area contributed by atoms with E-state index >= 15 is 0 Å². The van der Waals surface area contributed by atoms with Crippen LogP contribution in [0.2, 0.25) is 0 Å². The van der Waals surface area contributed by atoms with E-state index in [-0.39, 0.29) is 11.0 Å². The number of hydrogen-bond acceptors (Lipinski definition) is 4. The second kappa shape index (κ2) is 7.20. The number of nitrogens with one attached hydrogen (secondary N) is 1. The normalized spacial score (nSPS) is 21.3. The molecule has 0 unspecified atom stereocenters. The maximum atomic E-state index is 6.30. The molecule has 3 rings (SSSR count). The second-order valence-electron chi connectivity index (χ2n) is 7.54. The van der Waals surface area contributed by atoms with E-state index in [4.69, 9.17) is 15.2 Å². The van der Waals surface area contributed by atoms with Crippen LogP contribution in [0.25, 0.3) is 0 Å². The predicted molar refractivity (Wildman–Crippen MR) is 92.6 cm³/mol. The van der Waals surface area contributed by atoms with Crippen molar-refractivity contribution in [3.05, 3.63) is 29.8 Å². The van der Waals surface area contributed by atoms with Gasteiger partial charge in [-0.1, -0.05) is 18.6 Å². The van der Waals surface area contributed by atoms with E-state index in [2.05, 4.69) is 17.4 Å². The molecule has 1 aromatic carbocycles. The fraction of sp³-hybridized carbons (Fsp3) is 0.684. The Morgan fingerprint density at radius 1 is 1.13 bits per heavy atom. The molecule has 2 saturated carbocycles. The van der Waals surface area contributed by atoms with Gasteiger partial charge in [-0.25, -0.2) is 0 Å². The minimum atomic E-state index is 0.0558. The third-order valence-corrected chi connectivity index (χ3v) is 5.50. The molecule has 2 aliphatic carbocycles. The van der Waals surface area contributed by atoms with Crippen molar-refractivity contribution in [1.29, 1.82) is 0 Å². The first-order valence-electron chi connectivity index (χ1n) is 8.84. The summed E-state index contributed by atoms with van der Waals surface area (Å²) in [6, 6.07) is 8.20. The molecule has 0 amide bonds. The number of methoxy groups -OCH3 is 1. The van der Waals surface area contributed by atoms with E-state index in [1.54, 1.807) is 7.11 Å². The summed E-state index contributed by atoms with van der Waals surface area (Å²) >= 11 is 0. The van der Waals surface area contributed by atoms with Gasteiger partial charge in [0.1, 0.15) is 5.75 Å². The summed E-state index contributed by atoms with van der Waals surface area (Å²) in [4.78, 5) is 0. The highest BCUT2D eigenvalue weighted by atomic mass is 16.5. The Bertz CT molecular complexity index is 510. The zero-order valence-electron chi connectivity index (χ0n) is 14.3. The van der Waals surface area contributed by atoms with Gasteiger partial charge < -0.3 is 20.5 Å². The summed E-state index contributed by atoms with van der Waals surface area (Å²) in [5.41, 5.74) is 7.79. The number of benzene rings is 1. The standard InChI is InChI=1S/C19H30N2O2/c1-22-12-16-5-2-6-17(11-16)23-15-18(7-3-8-18)13-21-14-19(20)9-4-10-19/h2,5-6,11,21H,3-4,7-10,12-15,20H2,1H3. The second-order valence-corrected chi connectivity index (χ2v) is 7.54. The number of hydrogen-bond donors (Lipinski definition) is 2. The third kappa shape index (κ3) is 4.25. The van der Waals surface area contributed by atoms with Crippen molar-refractivity contribution < 1.29 is 9.47 Å². The quantitative estimate of drug-likeness (QED) is 0.735. The average Bonchev–Trinajstić information content (AvgIpc) is 2.48. The molecule has 3 N–H and O–H groups in total. The maximum Gasteiger partial charge on any atom is 0.119 e. The molecule has 0 atom stereocenters. The number of nitrogens with two attached hydrogens (primary N) is 1. The summed E-state index contributed by atoms with van der Waals surface area (Å²) in [7, 11) is 1.72. The lowest BCUT2D eigenvalue weighted by molar-refractivity contribution is 0.0541. The van der Waals surface area contributed by atoms with Crippen molar-refractivity contribution >= 4 is 0 Å². The molecule has 0 aromatic heterocycles. The Morgan fingerprint density at radius 2 is 1.91 bits per heavy atom. The van der Waals surface area contributed by atoms with Gasteiger partial charge in [0.05, 0.1) is 13.2 Å². The topological polar surface area (TPSA) is 56.5 Å². The molecule has 0 saturated heterocycles. The minimum Gasteiger partial charge on any atom is -0.493 e. The molecule has 23 heavy (non-hydrogen) atoms. The van der Waals surface area contributed by atoms with Gasteiger partial charge >= 0.3 is 0 Å². The van der Waals surface area contributed by atoms with E-state index in [0.717, 1.165) is 43.9 Å². The van der Waals surface area contributed by atoms with Crippen LogP contribution >= 0.6 is 0 Å². The third-order valence-electron chi connectivity index (χ3n) is 5.50. The van der Waals surface area contributed by atoms with Crippen LogP contribution in [-0.4, -0.2) is 32.3 Å². The van der Waals surface area contributed by atoms with Crippen LogP contribution in [0.4, 0.5) is 0 Å². The van der Waals surface area contributed by atoms with E-state index in [1.165, 1.54) is 25.7 Å². The van der Waals surface area contributed by atoms with Crippen LogP contribution < -0.4 is 15.8 Å². The summed E-state index contributed by atoms with van der Waals surface area (Å²) in [6.45, 7) is 3.37. The lowest BCUT2D eigenvalue weighted by Gasteiger charge is -2.44. The van der Waals surface area contributed by atoms with Gasteiger partial charge in [0.25, 0.3) is 0 Å². The van der Waals surface area contributed by atoms with E-state index in [1.807, 2.05) is 12.1 Å². The van der Waals surface area contributed by atoms with Crippen molar-refractivity contribution in [2.45, 2.75) is 50.7 Å². The molecule has 4 heteroatoms. The predicted octanol–water partition coefficient (Wildman–Crippen LogP) is 2.85. The molecular formula is C19H30N2O2. The fourth-order valence-electron chi connectivity index (χ4n) is 3.56. The zero-order valence-corrected chi connectivity index (χ0v) is 14.3. The summed E-state index contributed by atoms with van der Waals surface area (Å²) < 4.78 is 11.3.